The van der Waals surface area contributed by atoms with E-state index in [9.17, 15) is 9.59 Å². The van der Waals surface area contributed by atoms with Crippen molar-refractivity contribution < 1.29 is 0 Å². The van der Waals surface area contributed by atoms with Crippen LogP contribution in [-0.2, 0) is 7.05 Å². The molecule has 0 amide bonds. The van der Waals surface area contributed by atoms with Crippen LogP contribution in [0.4, 0.5) is 17.3 Å². The molecule has 9 heteroatoms. The normalized spacial score (nSPS) is 17.2. The maximum absolute atomic E-state index is 11.9. The molecule has 4 heterocycles. The number of fused-ring (bicyclic) bond motifs is 1. The summed E-state index contributed by atoms with van der Waals surface area (Å²) in [5.41, 5.74) is 1.44. The fourth-order valence-corrected chi connectivity index (χ4v) is 4.33. The first kappa shape index (κ1) is 18.7. The summed E-state index contributed by atoms with van der Waals surface area (Å²) in [6.07, 6.45) is 4.06. The third kappa shape index (κ3) is 3.30. The highest BCUT2D eigenvalue weighted by atomic mass is 16.2. The summed E-state index contributed by atoms with van der Waals surface area (Å²) < 4.78 is 1.08. The minimum absolute atomic E-state index is 0.292. The lowest BCUT2D eigenvalue weighted by Crippen LogP contribution is -2.48. The largest absolute Gasteiger partial charge is 0.368 e. The van der Waals surface area contributed by atoms with Crippen LogP contribution in [0, 0.1) is 0 Å². The fourth-order valence-electron chi connectivity index (χ4n) is 4.33. The standard InChI is InChI=1S/C21H25N7O2/c1-25-19(29)13-18(24-21(25)30)27-10-8-26(9-11-27)15-4-5-17-16(12-15)20(23-14-22-17)28-6-2-3-7-28/h4-5,12-14H,2-3,6-11H2,1H3,(H,24,30). The lowest BCUT2D eigenvalue weighted by Gasteiger charge is -2.37. The number of hydrogen-bond donors (Lipinski definition) is 1. The quantitative estimate of drug-likeness (QED) is 0.691. The smallest absolute Gasteiger partial charge is 0.329 e. The zero-order chi connectivity index (χ0) is 20.7. The van der Waals surface area contributed by atoms with E-state index in [0.29, 0.717) is 5.82 Å². The van der Waals surface area contributed by atoms with Gasteiger partial charge in [-0.15, -0.1) is 0 Å². The lowest BCUT2D eigenvalue weighted by molar-refractivity contribution is 0.640. The predicted octanol–water partition coefficient (Wildman–Crippen LogP) is 0.944. The maximum Gasteiger partial charge on any atom is 0.329 e. The average molecular weight is 407 g/mol. The number of H-pyrrole nitrogens is 1. The number of nitrogens with one attached hydrogen (secondary N) is 1. The van der Waals surface area contributed by atoms with E-state index in [-0.39, 0.29) is 11.2 Å². The molecule has 0 unspecified atom stereocenters. The molecule has 0 saturated carbocycles. The summed E-state index contributed by atoms with van der Waals surface area (Å²) in [4.78, 5) is 42.4. The van der Waals surface area contributed by atoms with Gasteiger partial charge >= 0.3 is 5.69 Å². The first-order valence-electron chi connectivity index (χ1n) is 10.4. The van der Waals surface area contributed by atoms with Gasteiger partial charge < -0.3 is 14.7 Å². The molecule has 156 valence electrons. The lowest BCUT2D eigenvalue weighted by atomic mass is 10.1. The Morgan fingerprint density at radius 1 is 0.867 bits per heavy atom. The molecule has 2 aliphatic rings. The monoisotopic (exact) mass is 407 g/mol. The Morgan fingerprint density at radius 3 is 2.33 bits per heavy atom. The Bertz CT molecular complexity index is 1160. The summed E-state index contributed by atoms with van der Waals surface area (Å²) >= 11 is 0. The second-order valence-corrected chi connectivity index (χ2v) is 7.92. The van der Waals surface area contributed by atoms with Crippen molar-refractivity contribution in [3.63, 3.8) is 0 Å². The molecule has 0 spiro atoms. The van der Waals surface area contributed by atoms with Gasteiger partial charge in [-0.3, -0.25) is 14.3 Å². The van der Waals surface area contributed by atoms with Gasteiger partial charge in [-0.1, -0.05) is 0 Å². The highest BCUT2D eigenvalue weighted by molar-refractivity contribution is 5.92. The van der Waals surface area contributed by atoms with Crippen LogP contribution in [0.5, 0.6) is 0 Å². The number of piperazine rings is 1. The van der Waals surface area contributed by atoms with Crippen LogP contribution < -0.4 is 25.9 Å². The van der Waals surface area contributed by atoms with Crippen molar-refractivity contribution in [2.24, 2.45) is 7.05 Å². The molecule has 0 aliphatic carbocycles. The molecule has 1 aromatic carbocycles. The highest BCUT2D eigenvalue weighted by Crippen LogP contribution is 2.30. The first-order chi connectivity index (χ1) is 14.6. The van der Waals surface area contributed by atoms with Crippen molar-refractivity contribution in [3.05, 3.63) is 51.4 Å². The van der Waals surface area contributed by atoms with Crippen LogP contribution in [0.1, 0.15) is 12.8 Å². The third-order valence-electron chi connectivity index (χ3n) is 6.12. The molecular weight excluding hydrogens is 382 g/mol. The predicted molar refractivity (Wildman–Crippen MR) is 118 cm³/mol. The van der Waals surface area contributed by atoms with Gasteiger partial charge in [0.05, 0.1) is 5.52 Å². The number of aromatic nitrogens is 4. The Morgan fingerprint density at radius 2 is 1.60 bits per heavy atom. The van der Waals surface area contributed by atoms with Gasteiger partial charge in [-0.25, -0.2) is 14.8 Å². The van der Waals surface area contributed by atoms with Gasteiger partial charge in [-0.2, -0.15) is 0 Å². The minimum Gasteiger partial charge on any atom is -0.368 e. The van der Waals surface area contributed by atoms with Gasteiger partial charge in [0.15, 0.2) is 0 Å². The summed E-state index contributed by atoms with van der Waals surface area (Å²) in [7, 11) is 1.47. The molecule has 2 saturated heterocycles. The van der Waals surface area contributed by atoms with Crippen molar-refractivity contribution in [2.45, 2.75) is 12.8 Å². The molecule has 0 bridgehead atoms. The van der Waals surface area contributed by atoms with Crippen molar-refractivity contribution in [1.29, 1.82) is 0 Å². The summed E-state index contributed by atoms with van der Waals surface area (Å²) in [6.45, 7) is 5.15. The van der Waals surface area contributed by atoms with E-state index in [1.165, 1.54) is 26.0 Å². The van der Waals surface area contributed by atoms with Gasteiger partial charge in [0.1, 0.15) is 18.0 Å². The third-order valence-corrected chi connectivity index (χ3v) is 6.12. The van der Waals surface area contributed by atoms with Crippen LogP contribution in [0.25, 0.3) is 10.9 Å². The van der Waals surface area contributed by atoms with E-state index in [0.717, 1.165) is 66.2 Å². The van der Waals surface area contributed by atoms with E-state index in [2.05, 4.69) is 47.9 Å². The van der Waals surface area contributed by atoms with E-state index in [1.54, 1.807) is 6.33 Å². The number of aromatic amines is 1. The van der Waals surface area contributed by atoms with Gasteiger partial charge in [0.25, 0.3) is 5.56 Å². The van der Waals surface area contributed by atoms with Gasteiger partial charge in [-0.05, 0) is 31.0 Å². The molecule has 2 aliphatic heterocycles. The van der Waals surface area contributed by atoms with Crippen LogP contribution >= 0.6 is 0 Å². The number of rotatable bonds is 3. The zero-order valence-electron chi connectivity index (χ0n) is 17.0. The van der Waals surface area contributed by atoms with Crippen LogP contribution in [0.3, 0.4) is 0 Å². The molecule has 3 aromatic rings. The van der Waals surface area contributed by atoms with Crippen molar-refractivity contribution >= 4 is 28.2 Å². The average Bonchev–Trinajstić information content (AvgIpc) is 3.31. The molecule has 2 fully saturated rings. The maximum atomic E-state index is 11.9. The summed E-state index contributed by atoms with van der Waals surface area (Å²) in [6, 6.07) is 7.86. The molecule has 1 N–H and O–H groups in total. The number of hydrogen-bond acceptors (Lipinski definition) is 7. The van der Waals surface area contributed by atoms with Gasteiger partial charge in [0.2, 0.25) is 0 Å². The number of benzene rings is 1. The van der Waals surface area contributed by atoms with E-state index in [4.69, 9.17) is 0 Å². The Labute approximate surface area is 173 Å². The Kier molecular flexibility index (Phi) is 4.65. The second kappa shape index (κ2) is 7.47. The molecule has 2 aromatic heterocycles. The number of anilines is 3. The first-order valence-corrected chi connectivity index (χ1v) is 10.4. The van der Waals surface area contributed by atoms with Gasteiger partial charge in [0, 0.05) is 63.5 Å². The van der Waals surface area contributed by atoms with Crippen molar-refractivity contribution in [3.8, 4) is 0 Å². The summed E-state index contributed by atoms with van der Waals surface area (Å²) in [5, 5.41) is 1.09. The van der Waals surface area contributed by atoms with E-state index < -0.39 is 0 Å². The van der Waals surface area contributed by atoms with Crippen molar-refractivity contribution in [1.82, 2.24) is 19.5 Å². The Hall–Kier alpha value is -3.36. The topological polar surface area (TPSA) is 90.4 Å². The Balaban J connectivity index is 1.38. The van der Waals surface area contributed by atoms with Crippen molar-refractivity contribution in [2.75, 3.05) is 54.0 Å². The van der Waals surface area contributed by atoms with E-state index in [1.807, 2.05) is 0 Å². The van der Waals surface area contributed by atoms with Crippen LogP contribution in [-0.4, -0.2) is 58.8 Å². The fraction of sp³-hybridized carbons (Fsp3) is 0.429. The summed E-state index contributed by atoms with van der Waals surface area (Å²) in [5.74, 6) is 1.61. The number of nitrogens with zero attached hydrogens (tertiary/aromatic N) is 6. The molecule has 0 radical (unpaired) electrons. The molecule has 30 heavy (non-hydrogen) atoms. The SMILES string of the molecule is Cn1c(=O)cc(N2CCN(c3ccc4ncnc(N5CCCC5)c4c3)CC2)[nH]c1=O. The van der Waals surface area contributed by atoms with Crippen LogP contribution in [0.15, 0.2) is 40.2 Å². The molecule has 5 rings (SSSR count). The zero-order valence-corrected chi connectivity index (χ0v) is 17.0. The molecule has 9 nitrogen and oxygen atoms in total. The minimum atomic E-state index is -0.385. The highest BCUT2D eigenvalue weighted by Gasteiger charge is 2.21. The molecular formula is C21H25N7O2. The van der Waals surface area contributed by atoms with Crippen LogP contribution in [0.2, 0.25) is 0 Å². The van der Waals surface area contributed by atoms with E-state index >= 15 is 0 Å². The molecule has 0 atom stereocenters. The second-order valence-electron chi connectivity index (χ2n) is 7.92.